The molecule has 1 amide bonds. The molecule has 244 valence electrons. The predicted molar refractivity (Wildman–Crippen MR) is 177 cm³/mol. The predicted octanol–water partition coefficient (Wildman–Crippen LogP) is 5.69. The number of likely N-dealkylation sites (tertiary alicyclic amines) is 1. The first-order chi connectivity index (χ1) is 22.0. The Morgan fingerprint density at radius 1 is 0.889 bits per heavy atom. The standard InChI is InChI=1S/C37H50N2O6/c1-42-34-23-33(24-35(43-2)36(34)44-3)45-27-32(40)26-39-22-12-19-30(25-39)37(41)38-31(20-10-17-28-13-6-4-7-14-28)21-11-18-29-15-8-5-9-16-29/h4-9,13-16,23-24,30-32,40H,10-12,17-22,25-27H2,1-3H3,(H,38,41). The van der Waals surface area contributed by atoms with Crippen LogP contribution in [0.5, 0.6) is 23.0 Å². The number of piperidine rings is 1. The molecule has 1 aliphatic heterocycles. The summed E-state index contributed by atoms with van der Waals surface area (Å²) in [5, 5.41) is 14.2. The van der Waals surface area contributed by atoms with E-state index < -0.39 is 6.10 Å². The van der Waals surface area contributed by atoms with Crippen molar-refractivity contribution in [2.24, 2.45) is 5.92 Å². The Bertz CT molecular complexity index is 1220. The molecule has 0 saturated carbocycles. The van der Waals surface area contributed by atoms with E-state index in [0.29, 0.717) is 36.1 Å². The third kappa shape index (κ3) is 11.0. The molecule has 0 bridgehead atoms. The van der Waals surface area contributed by atoms with E-state index >= 15 is 0 Å². The number of rotatable bonds is 18. The number of nitrogens with zero attached hydrogens (tertiary/aromatic N) is 1. The molecule has 3 aromatic carbocycles. The van der Waals surface area contributed by atoms with Gasteiger partial charge in [0.15, 0.2) is 11.5 Å². The number of hydrogen-bond donors (Lipinski definition) is 2. The van der Waals surface area contributed by atoms with Crippen LogP contribution in [0.3, 0.4) is 0 Å². The van der Waals surface area contributed by atoms with E-state index in [9.17, 15) is 9.90 Å². The fourth-order valence-corrected chi connectivity index (χ4v) is 6.12. The maximum Gasteiger partial charge on any atom is 0.224 e. The van der Waals surface area contributed by atoms with Crippen molar-refractivity contribution in [1.82, 2.24) is 10.2 Å². The van der Waals surface area contributed by atoms with Crippen LogP contribution in [0.25, 0.3) is 0 Å². The van der Waals surface area contributed by atoms with Crippen molar-refractivity contribution in [3.63, 3.8) is 0 Å². The SMILES string of the molecule is COc1cc(OCC(O)CN2CCCC(C(=O)NC(CCCc3ccccc3)CCCc3ccccc3)C2)cc(OC)c1OC. The number of aliphatic hydroxyl groups excluding tert-OH is 1. The minimum absolute atomic E-state index is 0.0901. The topological polar surface area (TPSA) is 89.5 Å². The molecule has 0 aliphatic carbocycles. The van der Waals surface area contributed by atoms with Crippen LogP contribution in [0.2, 0.25) is 0 Å². The molecule has 2 unspecified atom stereocenters. The van der Waals surface area contributed by atoms with Crippen LogP contribution in [0, 0.1) is 5.92 Å². The molecule has 2 N–H and O–H groups in total. The van der Waals surface area contributed by atoms with Gasteiger partial charge in [-0.3, -0.25) is 9.69 Å². The van der Waals surface area contributed by atoms with E-state index in [1.54, 1.807) is 33.5 Å². The summed E-state index contributed by atoms with van der Waals surface area (Å²) in [6, 6.07) is 24.7. The monoisotopic (exact) mass is 618 g/mol. The van der Waals surface area contributed by atoms with Crippen LogP contribution in [0.15, 0.2) is 72.8 Å². The molecule has 8 nitrogen and oxygen atoms in total. The lowest BCUT2D eigenvalue weighted by atomic mass is 9.94. The minimum Gasteiger partial charge on any atom is -0.493 e. The van der Waals surface area contributed by atoms with Gasteiger partial charge in [0.05, 0.1) is 27.2 Å². The van der Waals surface area contributed by atoms with Crippen molar-refractivity contribution in [3.8, 4) is 23.0 Å². The van der Waals surface area contributed by atoms with Crippen molar-refractivity contribution in [3.05, 3.63) is 83.9 Å². The second-order valence-electron chi connectivity index (χ2n) is 11.9. The maximum absolute atomic E-state index is 13.5. The van der Waals surface area contributed by atoms with Crippen LogP contribution in [0.4, 0.5) is 0 Å². The van der Waals surface area contributed by atoms with Gasteiger partial charge in [0, 0.05) is 31.3 Å². The van der Waals surface area contributed by atoms with Gasteiger partial charge in [0.2, 0.25) is 11.7 Å². The highest BCUT2D eigenvalue weighted by Gasteiger charge is 2.28. The Morgan fingerprint density at radius 2 is 1.47 bits per heavy atom. The van der Waals surface area contributed by atoms with Crippen molar-refractivity contribution < 1.29 is 28.8 Å². The van der Waals surface area contributed by atoms with Crippen LogP contribution in [-0.2, 0) is 17.6 Å². The largest absolute Gasteiger partial charge is 0.493 e. The summed E-state index contributed by atoms with van der Waals surface area (Å²) in [7, 11) is 4.65. The van der Waals surface area contributed by atoms with Gasteiger partial charge < -0.3 is 29.4 Å². The third-order valence-corrected chi connectivity index (χ3v) is 8.49. The number of amides is 1. The van der Waals surface area contributed by atoms with Crippen molar-refractivity contribution in [2.75, 3.05) is 47.6 Å². The summed E-state index contributed by atoms with van der Waals surface area (Å²) >= 11 is 0. The summed E-state index contributed by atoms with van der Waals surface area (Å²) in [4.78, 5) is 15.7. The summed E-state index contributed by atoms with van der Waals surface area (Å²) in [5.41, 5.74) is 2.67. The Balaban J connectivity index is 1.27. The molecular formula is C37H50N2O6. The van der Waals surface area contributed by atoms with Crippen molar-refractivity contribution in [1.29, 1.82) is 0 Å². The lowest BCUT2D eigenvalue weighted by Crippen LogP contribution is -2.48. The van der Waals surface area contributed by atoms with Crippen LogP contribution in [-0.4, -0.2) is 75.6 Å². The number of carbonyl (C=O) groups is 1. The number of β-amino-alcohol motifs (C(OH)–C–C–N with tert-alkyl or cyclic N) is 1. The van der Waals surface area contributed by atoms with Gasteiger partial charge in [-0.05, 0) is 69.0 Å². The Morgan fingerprint density at radius 3 is 2.00 bits per heavy atom. The zero-order valence-corrected chi connectivity index (χ0v) is 27.1. The quantitative estimate of drug-likeness (QED) is 0.189. The molecule has 1 heterocycles. The molecular weight excluding hydrogens is 568 g/mol. The first-order valence-electron chi connectivity index (χ1n) is 16.2. The fourth-order valence-electron chi connectivity index (χ4n) is 6.12. The summed E-state index contributed by atoms with van der Waals surface area (Å²) in [6.07, 6.45) is 7.09. The minimum atomic E-state index is -0.713. The van der Waals surface area contributed by atoms with E-state index in [2.05, 4.69) is 58.7 Å². The Kier molecular flexibility index (Phi) is 13.9. The molecule has 1 fully saturated rings. The van der Waals surface area contributed by atoms with Gasteiger partial charge in [0.25, 0.3) is 0 Å². The molecule has 1 aliphatic rings. The number of benzene rings is 3. The lowest BCUT2D eigenvalue weighted by Gasteiger charge is -2.34. The normalized spacial score (nSPS) is 15.8. The fraction of sp³-hybridized carbons (Fsp3) is 0.486. The van der Waals surface area contributed by atoms with E-state index in [-0.39, 0.29) is 24.5 Å². The first-order valence-corrected chi connectivity index (χ1v) is 16.2. The summed E-state index contributed by atoms with van der Waals surface area (Å²) < 4.78 is 22.1. The maximum atomic E-state index is 13.5. The lowest BCUT2D eigenvalue weighted by molar-refractivity contribution is -0.127. The van der Waals surface area contributed by atoms with E-state index in [1.165, 1.54) is 11.1 Å². The number of hydrogen-bond acceptors (Lipinski definition) is 7. The van der Waals surface area contributed by atoms with Crippen molar-refractivity contribution >= 4 is 5.91 Å². The number of aliphatic hydroxyl groups is 1. The smallest absolute Gasteiger partial charge is 0.224 e. The van der Waals surface area contributed by atoms with Crippen LogP contribution < -0.4 is 24.3 Å². The molecule has 8 heteroatoms. The molecule has 0 aromatic heterocycles. The zero-order valence-electron chi connectivity index (χ0n) is 27.1. The second kappa shape index (κ2) is 18.3. The molecule has 45 heavy (non-hydrogen) atoms. The number of methoxy groups -OCH3 is 3. The van der Waals surface area contributed by atoms with Gasteiger partial charge in [-0.1, -0.05) is 60.7 Å². The molecule has 0 spiro atoms. The molecule has 1 saturated heterocycles. The van der Waals surface area contributed by atoms with E-state index in [0.717, 1.165) is 57.9 Å². The third-order valence-electron chi connectivity index (χ3n) is 8.49. The number of ether oxygens (including phenoxy) is 4. The van der Waals surface area contributed by atoms with Gasteiger partial charge in [0.1, 0.15) is 18.5 Å². The van der Waals surface area contributed by atoms with Gasteiger partial charge in [-0.2, -0.15) is 0 Å². The summed E-state index contributed by atoms with van der Waals surface area (Å²) in [6.45, 7) is 2.03. The average molecular weight is 619 g/mol. The average Bonchev–Trinajstić information content (AvgIpc) is 3.07. The highest BCUT2D eigenvalue weighted by molar-refractivity contribution is 5.79. The molecule has 3 aromatic rings. The number of aryl methyl sites for hydroxylation is 2. The Hall–Kier alpha value is -3.75. The first kappa shape index (κ1) is 34.1. The molecule has 2 atom stereocenters. The van der Waals surface area contributed by atoms with E-state index in [1.807, 2.05) is 12.1 Å². The molecule has 4 rings (SSSR count). The summed E-state index contributed by atoms with van der Waals surface area (Å²) in [5.74, 6) is 2.03. The van der Waals surface area contributed by atoms with Gasteiger partial charge >= 0.3 is 0 Å². The molecule has 0 radical (unpaired) electrons. The Labute approximate surface area is 268 Å². The van der Waals surface area contributed by atoms with Gasteiger partial charge in [-0.25, -0.2) is 0 Å². The number of nitrogens with one attached hydrogen (secondary N) is 1. The zero-order chi connectivity index (χ0) is 31.9. The van der Waals surface area contributed by atoms with E-state index in [4.69, 9.17) is 18.9 Å². The second-order valence-corrected chi connectivity index (χ2v) is 11.9. The highest BCUT2D eigenvalue weighted by atomic mass is 16.5. The highest BCUT2D eigenvalue weighted by Crippen LogP contribution is 2.40. The van der Waals surface area contributed by atoms with Crippen molar-refractivity contribution in [2.45, 2.75) is 63.5 Å². The van der Waals surface area contributed by atoms with Crippen LogP contribution in [0.1, 0.15) is 49.7 Å². The van der Waals surface area contributed by atoms with Crippen LogP contribution >= 0.6 is 0 Å². The number of carbonyl (C=O) groups excluding carboxylic acids is 1. The van der Waals surface area contributed by atoms with Gasteiger partial charge in [-0.15, -0.1) is 0 Å².